The van der Waals surface area contributed by atoms with E-state index in [0.29, 0.717) is 18.0 Å². The fraction of sp³-hybridized carbons (Fsp3) is 0.250. The van der Waals surface area contributed by atoms with Crippen molar-refractivity contribution in [2.24, 2.45) is 0 Å². The Kier molecular flexibility index (Phi) is 7.05. The largest absolute Gasteiger partial charge is 0.497 e. The molecule has 0 bridgehead atoms. The van der Waals surface area contributed by atoms with Gasteiger partial charge in [-0.1, -0.05) is 18.2 Å². The first-order valence-electron chi connectivity index (χ1n) is 8.16. The Morgan fingerprint density at radius 3 is 2.42 bits per heavy atom. The molecule has 0 fully saturated rings. The van der Waals surface area contributed by atoms with Crippen molar-refractivity contribution < 1.29 is 19.0 Å². The normalized spacial score (nSPS) is 12.1. The molecule has 4 N–H and O–H groups in total. The topological polar surface area (TPSA) is 96.8 Å². The van der Waals surface area contributed by atoms with Gasteiger partial charge in [-0.25, -0.2) is 4.79 Å². The second-order valence-electron chi connectivity index (χ2n) is 5.78. The molecule has 0 aliphatic heterocycles. The zero-order chi connectivity index (χ0) is 18.9. The highest BCUT2D eigenvalue weighted by Gasteiger charge is 2.16. The average molecular weight is 356 g/mol. The minimum absolute atomic E-state index is 0.160. The quantitative estimate of drug-likeness (QED) is 0.429. The van der Waals surface area contributed by atoms with Crippen LogP contribution in [-0.4, -0.2) is 33.4 Å². The number of esters is 1. The SMILES string of the molecule is COCC(COC(=O)/C=C/c1ccc(OC)cc1)c1ccc(N)cc1N. The van der Waals surface area contributed by atoms with Gasteiger partial charge in [0.2, 0.25) is 0 Å². The van der Waals surface area contributed by atoms with E-state index in [4.69, 9.17) is 25.7 Å². The second kappa shape index (κ2) is 9.48. The van der Waals surface area contributed by atoms with E-state index in [2.05, 4.69) is 0 Å². The van der Waals surface area contributed by atoms with Crippen molar-refractivity contribution in [1.82, 2.24) is 0 Å². The average Bonchev–Trinajstić information content (AvgIpc) is 2.64. The third-order valence-electron chi connectivity index (χ3n) is 3.87. The Balaban J connectivity index is 1.96. The molecule has 0 heterocycles. The number of anilines is 2. The minimum Gasteiger partial charge on any atom is -0.497 e. The molecule has 138 valence electrons. The van der Waals surface area contributed by atoms with Crippen LogP contribution >= 0.6 is 0 Å². The lowest BCUT2D eigenvalue weighted by molar-refractivity contribution is -0.138. The monoisotopic (exact) mass is 356 g/mol. The summed E-state index contributed by atoms with van der Waals surface area (Å²) in [4.78, 5) is 12.0. The molecular weight excluding hydrogens is 332 g/mol. The zero-order valence-corrected chi connectivity index (χ0v) is 15.0. The fourth-order valence-corrected chi connectivity index (χ4v) is 2.50. The van der Waals surface area contributed by atoms with Crippen molar-refractivity contribution >= 4 is 23.4 Å². The maximum Gasteiger partial charge on any atom is 0.330 e. The summed E-state index contributed by atoms with van der Waals surface area (Å²) in [6, 6.07) is 12.6. The molecule has 1 unspecified atom stereocenters. The second-order valence-corrected chi connectivity index (χ2v) is 5.78. The van der Waals surface area contributed by atoms with E-state index in [-0.39, 0.29) is 12.5 Å². The first-order valence-corrected chi connectivity index (χ1v) is 8.16. The number of methoxy groups -OCH3 is 2. The summed E-state index contributed by atoms with van der Waals surface area (Å²) in [7, 11) is 3.19. The summed E-state index contributed by atoms with van der Waals surface area (Å²) < 4.78 is 15.7. The van der Waals surface area contributed by atoms with Gasteiger partial charge in [-0.2, -0.15) is 0 Å². The zero-order valence-electron chi connectivity index (χ0n) is 15.0. The summed E-state index contributed by atoms with van der Waals surface area (Å²) in [5.74, 6) is 0.156. The Morgan fingerprint density at radius 1 is 1.08 bits per heavy atom. The summed E-state index contributed by atoms with van der Waals surface area (Å²) in [6.07, 6.45) is 3.07. The summed E-state index contributed by atoms with van der Waals surface area (Å²) >= 11 is 0. The van der Waals surface area contributed by atoms with E-state index in [9.17, 15) is 4.79 Å². The van der Waals surface area contributed by atoms with Crippen LogP contribution in [0, 0.1) is 0 Å². The van der Waals surface area contributed by atoms with E-state index >= 15 is 0 Å². The number of nitrogens with two attached hydrogens (primary N) is 2. The Labute approximate surface area is 153 Å². The molecule has 0 saturated carbocycles. The lowest BCUT2D eigenvalue weighted by Crippen LogP contribution is -2.17. The van der Waals surface area contributed by atoms with E-state index in [0.717, 1.165) is 16.9 Å². The molecule has 0 radical (unpaired) electrons. The van der Waals surface area contributed by atoms with Crippen molar-refractivity contribution in [1.29, 1.82) is 0 Å². The number of rotatable bonds is 8. The van der Waals surface area contributed by atoms with Gasteiger partial charge in [0, 0.05) is 30.5 Å². The smallest absolute Gasteiger partial charge is 0.330 e. The molecule has 2 aromatic rings. The lowest BCUT2D eigenvalue weighted by Gasteiger charge is -2.18. The fourth-order valence-electron chi connectivity index (χ4n) is 2.50. The van der Waals surface area contributed by atoms with E-state index in [1.165, 1.54) is 6.08 Å². The Morgan fingerprint density at radius 2 is 1.81 bits per heavy atom. The maximum atomic E-state index is 12.0. The molecule has 0 spiro atoms. The number of carbonyl (C=O) groups is 1. The molecule has 2 rings (SSSR count). The lowest BCUT2D eigenvalue weighted by atomic mass is 9.98. The van der Waals surface area contributed by atoms with Crippen molar-refractivity contribution in [2.45, 2.75) is 5.92 Å². The summed E-state index contributed by atoms with van der Waals surface area (Å²) in [5, 5.41) is 0. The highest BCUT2D eigenvalue weighted by molar-refractivity contribution is 5.87. The van der Waals surface area contributed by atoms with Gasteiger partial charge in [-0.15, -0.1) is 0 Å². The van der Waals surface area contributed by atoms with Gasteiger partial charge in [-0.3, -0.25) is 0 Å². The van der Waals surface area contributed by atoms with Gasteiger partial charge in [0.05, 0.1) is 13.7 Å². The molecule has 6 nitrogen and oxygen atoms in total. The highest BCUT2D eigenvalue weighted by Crippen LogP contribution is 2.25. The van der Waals surface area contributed by atoms with Crippen LogP contribution in [0.1, 0.15) is 17.0 Å². The number of nitrogen functional groups attached to an aromatic ring is 2. The number of ether oxygens (including phenoxy) is 3. The first kappa shape index (κ1) is 19.3. The molecule has 26 heavy (non-hydrogen) atoms. The summed E-state index contributed by atoms with van der Waals surface area (Å²) in [6.45, 7) is 0.539. The van der Waals surface area contributed by atoms with Gasteiger partial charge < -0.3 is 25.7 Å². The van der Waals surface area contributed by atoms with Gasteiger partial charge >= 0.3 is 5.97 Å². The molecule has 0 aromatic heterocycles. The van der Waals surface area contributed by atoms with Crippen molar-refractivity contribution in [3.05, 3.63) is 59.7 Å². The highest BCUT2D eigenvalue weighted by atomic mass is 16.5. The number of benzene rings is 2. The predicted molar refractivity (Wildman–Crippen MR) is 103 cm³/mol. The molecule has 2 aromatic carbocycles. The van der Waals surface area contributed by atoms with Gasteiger partial charge in [-0.05, 0) is 41.5 Å². The van der Waals surface area contributed by atoms with Gasteiger partial charge in [0.1, 0.15) is 12.4 Å². The standard InChI is InChI=1S/C20H24N2O4/c1-24-12-15(18-9-6-16(21)11-19(18)22)13-26-20(23)10-5-14-3-7-17(25-2)8-4-14/h3-11,15H,12-13,21-22H2,1-2H3/b10-5+. The van der Waals surface area contributed by atoms with Gasteiger partial charge in [0.25, 0.3) is 0 Å². The van der Waals surface area contributed by atoms with Crippen LogP contribution in [0.15, 0.2) is 48.5 Å². The molecule has 0 aliphatic carbocycles. The van der Waals surface area contributed by atoms with E-state index in [1.54, 1.807) is 32.4 Å². The molecule has 6 heteroatoms. The molecule has 0 aliphatic rings. The minimum atomic E-state index is -0.434. The van der Waals surface area contributed by atoms with Crippen LogP contribution in [-0.2, 0) is 14.3 Å². The Hall–Kier alpha value is -2.99. The summed E-state index contributed by atoms with van der Waals surface area (Å²) in [5.41, 5.74) is 14.6. The van der Waals surface area contributed by atoms with E-state index in [1.807, 2.05) is 30.3 Å². The Bertz CT molecular complexity index is 757. The third-order valence-corrected chi connectivity index (χ3v) is 3.87. The third kappa shape index (κ3) is 5.53. The van der Waals surface area contributed by atoms with Crippen molar-refractivity contribution in [3.8, 4) is 5.75 Å². The van der Waals surface area contributed by atoms with Crippen molar-refractivity contribution in [2.75, 3.05) is 38.9 Å². The van der Waals surface area contributed by atoms with Gasteiger partial charge in [0.15, 0.2) is 0 Å². The van der Waals surface area contributed by atoms with Crippen LogP contribution < -0.4 is 16.2 Å². The van der Waals surface area contributed by atoms with Crippen LogP contribution in [0.4, 0.5) is 11.4 Å². The number of hydrogen-bond acceptors (Lipinski definition) is 6. The molecule has 0 amide bonds. The first-order chi connectivity index (χ1) is 12.5. The maximum absolute atomic E-state index is 12.0. The van der Waals surface area contributed by atoms with Crippen LogP contribution in [0.2, 0.25) is 0 Å². The van der Waals surface area contributed by atoms with Crippen LogP contribution in [0.3, 0.4) is 0 Å². The van der Waals surface area contributed by atoms with Crippen LogP contribution in [0.5, 0.6) is 5.75 Å². The molecule has 1 atom stereocenters. The van der Waals surface area contributed by atoms with E-state index < -0.39 is 5.97 Å². The number of carbonyl (C=O) groups excluding carboxylic acids is 1. The molecular formula is C20H24N2O4. The predicted octanol–water partition coefficient (Wildman–Crippen LogP) is 2.85. The van der Waals surface area contributed by atoms with Crippen molar-refractivity contribution in [3.63, 3.8) is 0 Å². The van der Waals surface area contributed by atoms with Crippen LogP contribution in [0.25, 0.3) is 6.08 Å². The molecule has 0 saturated heterocycles. The number of hydrogen-bond donors (Lipinski definition) is 2.